The van der Waals surface area contributed by atoms with E-state index in [2.05, 4.69) is 5.32 Å². The van der Waals surface area contributed by atoms with Crippen LogP contribution in [0.1, 0.15) is 29.3 Å². The van der Waals surface area contributed by atoms with E-state index in [1.807, 2.05) is 30.3 Å². The second kappa shape index (κ2) is 9.17. The van der Waals surface area contributed by atoms with Gasteiger partial charge in [-0.3, -0.25) is 9.59 Å². The number of benzene rings is 2. The van der Waals surface area contributed by atoms with Crippen molar-refractivity contribution in [1.29, 1.82) is 0 Å². The molecule has 0 unspecified atom stereocenters. The second-order valence-corrected chi connectivity index (χ2v) is 5.25. The van der Waals surface area contributed by atoms with Crippen molar-refractivity contribution in [2.24, 2.45) is 0 Å². The molecule has 1 amide bonds. The molecule has 5 heteroatoms. The molecule has 25 heavy (non-hydrogen) atoms. The minimum absolute atomic E-state index is 0.0989. The molecule has 0 atom stereocenters. The molecule has 0 aliphatic heterocycles. The minimum Gasteiger partial charge on any atom is -0.454 e. The maximum absolute atomic E-state index is 12.0. The van der Waals surface area contributed by atoms with Gasteiger partial charge in [-0.05, 0) is 35.9 Å². The van der Waals surface area contributed by atoms with E-state index in [1.165, 1.54) is 6.08 Å². The summed E-state index contributed by atoms with van der Waals surface area (Å²) < 4.78 is 4.95. The highest BCUT2D eigenvalue weighted by atomic mass is 16.5. The van der Waals surface area contributed by atoms with E-state index >= 15 is 0 Å². The van der Waals surface area contributed by atoms with Crippen LogP contribution in [0.2, 0.25) is 0 Å². The normalized spacial score (nSPS) is 10.4. The molecule has 0 fully saturated rings. The summed E-state index contributed by atoms with van der Waals surface area (Å²) in [6, 6.07) is 15.8. The zero-order chi connectivity index (χ0) is 18.1. The molecule has 2 aromatic carbocycles. The number of amides is 1. The quantitative estimate of drug-likeness (QED) is 0.477. The Morgan fingerprint density at radius 1 is 1.00 bits per heavy atom. The van der Waals surface area contributed by atoms with Crippen LogP contribution >= 0.6 is 0 Å². The van der Waals surface area contributed by atoms with Gasteiger partial charge in [0.15, 0.2) is 12.4 Å². The average molecular weight is 337 g/mol. The van der Waals surface area contributed by atoms with E-state index in [0.29, 0.717) is 17.7 Å². The molecule has 0 saturated carbocycles. The van der Waals surface area contributed by atoms with E-state index in [9.17, 15) is 14.4 Å². The van der Waals surface area contributed by atoms with Crippen molar-refractivity contribution in [1.82, 2.24) is 0 Å². The fraction of sp³-hybridized carbons (Fsp3) is 0.150. The van der Waals surface area contributed by atoms with Gasteiger partial charge in [0.25, 0.3) is 0 Å². The van der Waals surface area contributed by atoms with E-state index < -0.39 is 5.97 Å². The van der Waals surface area contributed by atoms with E-state index in [-0.39, 0.29) is 18.3 Å². The number of nitrogens with one attached hydrogen (secondary N) is 1. The van der Waals surface area contributed by atoms with Crippen LogP contribution in [-0.4, -0.2) is 24.3 Å². The zero-order valence-electron chi connectivity index (χ0n) is 13.9. The first-order chi connectivity index (χ1) is 12.1. The number of ketones is 1. The third-order valence-electron chi connectivity index (χ3n) is 3.37. The predicted octanol–water partition coefficient (Wildman–Crippen LogP) is 3.47. The van der Waals surface area contributed by atoms with Crippen molar-refractivity contribution in [3.05, 3.63) is 71.8 Å². The number of carbonyl (C=O) groups excluding carboxylic acids is 3. The summed E-state index contributed by atoms with van der Waals surface area (Å²) in [6.45, 7) is 1.42. The van der Waals surface area contributed by atoms with Crippen LogP contribution in [-0.2, 0) is 14.3 Å². The van der Waals surface area contributed by atoms with E-state index in [0.717, 1.165) is 5.56 Å². The van der Waals surface area contributed by atoms with Gasteiger partial charge in [-0.15, -0.1) is 0 Å². The van der Waals surface area contributed by atoms with Crippen LogP contribution in [0.3, 0.4) is 0 Å². The summed E-state index contributed by atoms with van der Waals surface area (Å²) in [6.07, 6.45) is 3.29. The highest BCUT2D eigenvalue weighted by molar-refractivity contribution is 5.99. The molecule has 0 saturated heterocycles. The molecule has 0 bridgehead atoms. The summed E-state index contributed by atoms with van der Waals surface area (Å²) in [5, 5.41) is 2.70. The molecule has 0 aromatic heterocycles. The number of carbonyl (C=O) groups is 3. The maximum Gasteiger partial charge on any atom is 0.331 e. The molecule has 0 heterocycles. The largest absolute Gasteiger partial charge is 0.454 e. The molecular formula is C20H19NO4. The minimum atomic E-state index is -0.580. The van der Waals surface area contributed by atoms with Gasteiger partial charge in [-0.2, -0.15) is 0 Å². The van der Waals surface area contributed by atoms with Crippen molar-refractivity contribution in [3.8, 4) is 0 Å². The molecule has 0 aliphatic rings. The van der Waals surface area contributed by atoms with E-state index in [1.54, 1.807) is 37.3 Å². The summed E-state index contributed by atoms with van der Waals surface area (Å²) in [5.41, 5.74) is 1.90. The van der Waals surface area contributed by atoms with Gasteiger partial charge < -0.3 is 10.1 Å². The van der Waals surface area contributed by atoms with Gasteiger partial charge in [0, 0.05) is 23.7 Å². The lowest BCUT2D eigenvalue weighted by atomic mass is 10.1. The molecule has 128 valence electrons. The molecule has 2 aromatic rings. The Morgan fingerprint density at radius 3 is 2.32 bits per heavy atom. The lowest BCUT2D eigenvalue weighted by Crippen LogP contribution is -2.13. The van der Waals surface area contributed by atoms with Crippen LogP contribution in [0.5, 0.6) is 0 Å². The van der Waals surface area contributed by atoms with Gasteiger partial charge in [0.05, 0.1) is 0 Å². The van der Waals surface area contributed by atoms with Gasteiger partial charge in [0.2, 0.25) is 5.91 Å². The van der Waals surface area contributed by atoms with Gasteiger partial charge >= 0.3 is 5.97 Å². The molecular weight excluding hydrogens is 318 g/mol. The predicted molar refractivity (Wildman–Crippen MR) is 96.1 cm³/mol. The Labute approximate surface area is 146 Å². The monoisotopic (exact) mass is 337 g/mol. The highest BCUT2D eigenvalue weighted by Gasteiger charge is 2.09. The Kier molecular flexibility index (Phi) is 6.65. The van der Waals surface area contributed by atoms with Crippen molar-refractivity contribution in [2.75, 3.05) is 11.9 Å². The second-order valence-electron chi connectivity index (χ2n) is 5.25. The standard InChI is InChI=1S/C20H19NO4/c1-2-19(23)21-17-11-9-16(10-12-17)18(22)14-25-20(24)13-8-15-6-4-3-5-7-15/h3-13H,2,14H2,1H3,(H,21,23)/b13-8+. The maximum atomic E-state index is 12.0. The third kappa shape index (κ3) is 6.06. The van der Waals surface area contributed by atoms with Gasteiger partial charge in [-0.25, -0.2) is 4.79 Å². The molecule has 5 nitrogen and oxygen atoms in total. The molecule has 0 radical (unpaired) electrons. The highest BCUT2D eigenvalue weighted by Crippen LogP contribution is 2.11. The van der Waals surface area contributed by atoms with Crippen molar-refractivity contribution in [3.63, 3.8) is 0 Å². The number of anilines is 1. The van der Waals surface area contributed by atoms with Crippen molar-refractivity contribution >= 4 is 29.4 Å². The number of Topliss-reactive ketones (excluding diaryl/α,β-unsaturated/α-hetero) is 1. The average Bonchev–Trinajstić information content (AvgIpc) is 2.65. The third-order valence-corrected chi connectivity index (χ3v) is 3.37. The van der Waals surface area contributed by atoms with Gasteiger partial charge in [-0.1, -0.05) is 37.3 Å². The van der Waals surface area contributed by atoms with Crippen LogP contribution < -0.4 is 5.32 Å². The summed E-state index contributed by atoms with van der Waals surface area (Å²) in [7, 11) is 0. The summed E-state index contributed by atoms with van der Waals surface area (Å²) in [5.74, 6) is -0.989. The molecule has 0 aliphatic carbocycles. The first-order valence-electron chi connectivity index (χ1n) is 7.91. The number of rotatable bonds is 7. The zero-order valence-corrected chi connectivity index (χ0v) is 13.9. The fourth-order valence-electron chi connectivity index (χ4n) is 1.99. The Morgan fingerprint density at radius 2 is 1.68 bits per heavy atom. The Bertz CT molecular complexity index is 764. The molecule has 2 rings (SSSR count). The molecule has 1 N–H and O–H groups in total. The van der Waals surface area contributed by atoms with Crippen molar-refractivity contribution < 1.29 is 19.1 Å². The first-order valence-corrected chi connectivity index (χ1v) is 7.91. The van der Waals surface area contributed by atoms with Crippen LogP contribution in [0, 0.1) is 0 Å². The SMILES string of the molecule is CCC(=O)Nc1ccc(C(=O)COC(=O)/C=C/c2ccccc2)cc1. The fourth-order valence-corrected chi connectivity index (χ4v) is 1.99. The van der Waals surface area contributed by atoms with Crippen molar-refractivity contribution in [2.45, 2.75) is 13.3 Å². The Balaban J connectivity index is 1.84. The Hall–Kier alpha value is -3.21. The summed E-state index contributed by atoms with van der Waals surface area (Å²) in [4.78, 5) is 35.0. The smallest absolute Gasteiger partial charge is 0.331 e. The number of hydrogen-bond donors (Lipinski definition) is 1. The van der Waals surface area contributed by atoms with Crippen LogP contribution in [0.25, 0.3) is 6.08 Å². The van der Waals surface area contributed by atoms with E-state index in [4.69, 9.17) is 4.74 Å². The molecule has 0 spiro atoms. The lowest BCUT2D eigenvalue weighted by molar-refractivity contribution is -0.136. The first kappa shape index (κ1) is 18.1. The van der Waals surface area contributed by atoms with Gasteiger partial charge in [0.1, 0.15) is 0 Å². The van der Waals surface area contributed by atoms with Crippen LogP contribution in [0.15, 0.2) is 60.7 Å². The lowest BCUT2D eigenvalue weighted by Gasteiger charge is -2.05. The topological polar surface area (TPSA) is 72.5 Å². The number of hydrogen-bond acceptors (Lipinski definition) is 4. The summed E-state index contributed by atoms with van der Waals surface area (Å²) >= 11 is 0. The number of esters is 1. The number of ether oxygens (including phenoxy) is 1. The van der Waals surface area contributed by atoms with Crippen LogP contribution in [0.4, 0.5) is 5.69 Å².